The van der Waals surface area contributed by atoms with Crippen LogP contribution < -0.4 is 19.6 Å². The normalized spacial score (nSPS) is 10.9. The van der Waals surface area contributed by atoms with Gasteiger partial charge in [0.2, 0.25) is 11.2 Å². The third kappa shape index (κ3) is 2.09. The van der Waals surface area contributed by atoms with Gasteiger partial charge in [-0.2, -0.15) is 0 Å². The van der Waals surface area contributed by atoms with Gasteiger partial charge in [-0.15, -0.1) is 0 Å². The van der Waals surface area contributed by atoms with Gasteiger partial charge in [-0.25, -0.2) is 0 Å². The average Bonchev–Trinajstić information content (AvgIpc) is 2.52. The molecule has 0 aliphatic carbocycles. The molecule has 2 aromatic carbocycles. The smallest absolute Gasteiger partial charge is 0.208 e. The van der Waals surface area contributed by atoms with Crippen LogP contribution >= 0.6 is 0 Å². The van der Waals surface area contributed by atoms with Crippen LogP contribution in [0.1, 0.15) is 0 Å². The molecule has 0 unspecified atom stereocenters. The minimum Gasteiger partial charge on any atom is -0.508 e. The predicted octanol–water partition coefficient (Wildman–Crippen LogP) is 2.38. The van der Waals surface area contributed by atoms with Crippen molar-refractivity contribution in [1.82, 2.24) is 0 Å². The summed E-state index contributed by atoms with van der Waals surface area (Å²) in [5, 5.41) is 19.6. The first-order valence-corrected chi connectivity index (χ1v) is 6.63. The van der Waals surface area contributed by atoms with Gasteiger partial charge in [0, 0.05) is 18.2 Å². The lowest BCUT2D eigenvalue weighted by molar-refractivity contribution is 0.326. The van der Waals surface area contributed by atoms with Crippen molar-refractivity contribution in [3.63, 3.8) is 0 Å². The van der Waals surface area contributed by atoms with E-state index >= 15 is 0 Å². The predicted molar refractivity (Wildman–Crippen MR) is 83.0 cm³/mol. The number of methoxy groups -OCH3 is 3. The summed E-state index contributed by atoms with van der Waals surface area (Å²) in [5.74, 6) is 0.110. The van der Waals surface area contributed by atoms with Crippen molar-refractivity contribution in [1.29, 1.82) is 0 Å². The molecule has 3 aromatic rings. The molecule has 120 valence electrons. The van der Waals surface area contributed by atoms with Gasteiger partial charge in [0.05, 0.1) is 21.3 Å². The summed E-state index contributed by atoms with van der Waals surface area (Å²) < 4.78 is 21.4. The van der Waals surface area contributed by atoms with Gasteiger partial charge in [0.15, 0.2) is 11.5 Å². The molecule has 7 nitrogen and oxygen atoms in total. The second kappa shape index (κ2) is 5.28. The lowest BCUT2D eigenvalue weighted by Crippen LogP contribution is -2.06. The van der Waals surface area contributed by atoms with Gasteiger partial charge < -0.3 is 28.8 Å². The van der Waals surface area contributed by atoms with Gasteiger partial charge in [0.25, 0.3) is 0 Å². The number of rotatable bonds is 3. The number of hydrogen-bond acceptors (Lipinski definition) is 7. The molecule has 1 heterocycles. The maximum absolute atomic E-state index is 12.8. The maximum Gasteiger partial charge on any atom is 0.208 e. The molecule has 23 heavy (non-hydrogen) atoms. The van der Waals surface area contributed by atoms with E-state index in [2.05, 4.69) is 0 Å². The minimum atomic E-state index is -0.503. The Balaban J connectivity index is 2.59. The Morgan fingerprint density at radius 3 is 2.13 bits per heavy atom. The van der Waals surface area contributed by atoms with Crippen molar-refractivity contribution < 1.29 is 28.8 Å². The van der Waals surface area contributed by atoms with Gasteiger partial charge in [-0.1, -0.05) is 0 Å². The van der Waals surface area contributed by atoms with Crippen LogP contribution in [0.4, 0.5) is 0 Å². The maximum atomic E-state index is 12.8. The molecular formula is C16H14O7. The largest absolute Gasteiger partial charge is 0.508 e. The molecule has 0 radical (unpaired) electrons. The van der Waals surface area contributed by atoms with E-state index in [-0.39, 0.29) is 44.9 Å². The highest BCUT2D eigenvalue weighted by Crippen LogP contribution is 2.43. The molecule has 1 aromatic heterocycles. The summed E-state index contributed by atoms with van der Waals surface area (Å²) >= 11 is 0. The van der Waals surface area contributed by atoms with Crippen molar-refractivity contribution >= 4 is 21.9 Å². The van der Waals surface area contributed by atoms with Crippen molar-refractivity contribution in [2.75, 3.05) is 21.3 Å². The lowest BCUT2D eigenvalue weighted by atomic mass is 10.1. The van der Waals surface area contributed by atoms with Crippen LogP contribution in [0, 0.1) is 0 Å². The van der Waals surface area contributed by atoms with E-state index < -0.39 is 5.43 Å². The van der Waals surface area contributed by atoms with Crippen LogP contribution in [0.25, 0.3) is 21.9 Å². The highest BCUT2D eigenvalue weighted by atomic mass is 16.5. The standard InChI is InChI=1S/C16H14O7/c1-20-11-6-10-13(16(22-3)15(11)21-2)14(19)12-8(18)4-7(17)5-9(12)23-10/h4-6,17-18H,1-3H3. The Morgan fingerprint density at radius 1 is 0.870 bits per heavy atom. The lowest BCUT2D eigenvalue weighted by Gasteiger charge is -2.14. The Hall–Kier alpha value is -3.09. The van der Waals surface area contributed by atoms with Crippen LogP contribution in [-0.2, 0) is 0 Å². The zero-order valence-corrected chi connectivity index (χ0v) is 12.7. The SMILES string of the molecule is COc1cc2oc3cc(O)cc(O)c3c(=O)c2c(OC)c1OC. The second-order valence-electron chi connectivity index (χ2n) is 4.79. The number of hydrogen-bond donors (Lipinski definition) is 2. The quantitative estimate of drug-likeness (QED) is 0.715. The van der Waals surface area contributed by atoms with Crippen molar-refractivity contribution in [3.8, 4) is 28.7 Å². The van der Waals surface area contributed by atoms with Crippen LogP contribution in [-0.4, -0.2) is 31.5 Å². The highest BCUT2D eigenvalue weighted by molar-refractivity contribution is 5.98. The second-order valence-corrected chi connectivity index (χ2v) is 4.79. The first kappa shape index (κ1) is 14.8. The van der Waals surface area contributed by atoms with Crippen LogP contribution in [0.3, 0.4) is 0 Å². The van der Waals surface area contributed by atoms with Crippen LogP contribution in [0.15, 0.2) is 27.4 Å². The molecule has 2 N–H and O–H groups in total. The Kier molecular flexibility index (Phi) is 3.40. The fourth-order valence-electron chi connectivity index (χ4n) is 2.57. The van der Waals surface area contributed by atoms with E-state index in [0.717, 1.165) is 6.07 Å². The number of ether oxygens (including phenoxy) is 3. The molecule has 0 saturated carbocycles. The zero-order chi connectivity index (χ0) is 16.7. The van der Waals surface area contributed by atoms with Crippen molar-refractivity contribution in [3.05, 3.63) is 28.4 Å². The molecule has 7 heteroatoms. The van der Waals surface area contributed by atoms with Gasteiger partial charge in [-0.05, 0) is 0 Å². The summed E-state index contributed by atoms with van der Waals surface area (Å²) in [5.41, 5.74) is -0.271. The van der Waals surface area contributed by atoms with E-state index in [1.807, 2.05) is 0 Å². The molecule has 0 aliphatic heterocycles. The minimum absolute atomic E-state index is 0.0503. The molecule has 0 amide bonds. The monoisotopic (exact) mass is 318 g/mol. The molecular weight excluding hydrogens is 304 g/mol. The van der Waals surface area contributed by atoms with Gasteiger partial charge in [0.1, 0.15) is 33.4 Å². The van der Waals surface area contributed by atoms with E-state index in [1.165, 1.54) is 33.5 Å². The number of aromatic hydroxyl groups is 2. The Bertz CT molecular complexity index is 972. The van der Waals surface area contributed by atoms with E-state index in [0.29, 0.717) is 5.75 Å². The van der Waals surface area contributed by atoms with Crippen LogP contribution in [0.5, 0.6) is 28.7 Å². The topological polar surface area (TPSA) is 98.4 Å². The number of fused-ring (bicyclic) bond motifs is 2. The first-order chi connectivity index (χ1) is 11.0. The van der Waals surface area contributed by atoms with E-state index in [9.17, 15) is 15.0 Å². The third-order valence-electron chi connectivity index (χ3n) is 3.53. The molecule has 0 spiro atoms. The summed E-state index contributed by atoms with van der Waals surface area (Å²) in [6.45, 7) is 0. The summed E-state index contributed by atoms with van der Waals surface area (Å²) in [6.07, 6.45) is 0. The van der Waals surface area contributed by atoms with Crippen LogP contribution in [0.2, 0.25) is 0 Å². The molecule has 0 fully saturated rings. The van der Waals surface area contributed by atoms with Gasteiger partial charge in [-0.3, -0.25) is 4.79 Å². The molecule has 0 atom stereocenters. The zero-order valence-electron chi connectivity index (χ0n) is 12.7. The molecule has 3 rings (SSSR count). The number of phenols is 2. The van der Waals surface area contributed by atoms with Crippen molar-refractivity contribution in [2.45, 2.75) is 0 Å². The fourth-order valence-corrected chi connectivity index (χ4v) is 2.57. The molecule has 0 aliphatic rings. The Labute approximate surface area is 130 Å². The third-order valence-corrected chi connectivity index (χ3v) is 3.53. The van der Waals surface area contributed by atoms with Gasteiger partial charge >= 0.3 is 0 Å². The molecule has 0 bridgehead atoms. The fraction of sp³-hybridized carbons (Fsp3) is 0.188. The Morgan fingerprint density at radius 2 is 1.52 bits per heavy atom. The number of benzene rings is 2. The van der Waals surface area contributed by atoms with E-state index in [4.69, 9.17) is 18.6 Å². The number of phenolic OH excluding ortho intramolecular Hbond substituents is 2. The molecule has 0 saturated heterocycles. The van der Waals surface area contributed by atoms with Crippen molar-refractivity contribution in [2.24, 2.45) is 0 Å². The summed E-state index contributed by atoms with van der Waals surface area (Å²) in [4.78, 5) is 12.8. The van der Waals surface area contributed by atoms with E-state index in [1.54, 1.807) is 0 Å². The summed E-state index contributed by atoms with van der Waals surface area (Å²) in [7, 11) is 4.25. The first-order valence-electron chi connectivity index (χ1n) is 6.63. The average molecular weight is 318 g/mol. The summed E-state index contributed by atoms with van der Waals surface area (Å²) in [6, 6.07) is 3.80. The highest BCUT2D eigenvalue weighted by Gasteiger charge is 2.22.